The number of nitrogens with one attached hydrogen (secondary N) is 1. The van der Waals surface area contributed by atoms with Gasteiger partial charge in [0, 0.05) is 31.0 Å². The number of para-hydroxylation sites is 2. The van der Waals surface area contributed by atoms with Crippen LogP contribution in [0.1, 0.15) is 43.0 Å². The average Bonchev–Trinajstić information content (AvgIpc) is 3.35. The zero-order valence-electron chi connectivity index (χ0n) is 15.2. The van der Waals surface area contributed by atoms with E-state index in [0.717, 1.165) is 67.6 Å². The Morgan fingerprint density at radius 3 is 2.85 bits per heavy atom. The summed E-state index contributed by atoms with van der Waals surface area (Å²) in [5.74, 6) is 1.23. The molecule has 27 heavy (non-hydrogen) atoms. The highest BCUT2D eigenvalue weighted by atomic mass is 16.4. The number of anilines is 1. The minimum absolute atomic E-state index is 0.0444. The van der Waals surface area contributed by atoms with Gasteiger partial charge < -0.3 is 19.1 Å². The molecule has 1 aliphatic carbocycles. The van der Waals surface area contributed by atoms with Crippen LogP contribution >= 0.6 is 0 Å². The van der Waals surface area contributed by atoms with Gasteiger partial charge in [-0.2, -0.15) is 4.98 Å². The first-order chi connectivity index (χ1) is 13.3. The summed E-state index contributed by atoms with van der Waals surface area (Å²) in [6.07, 6.45) is 6.37. The zero-order valence-corrected chi connectivity index (χ0v) is 15.2. The van der Waals surface area contributed by atoms with Crippen molar-refractivity contribution in [1.29, 1.82) is 0 Å². The number of hydrogen-bond donors (Lipinski definition) is 1. The summed E-state index contributed by atoms with van der Waals surface area (Å²) < 4.78 is 11.4. The molecule has 1 aromatic carbocycles. The van der Waals surface area contributed by atoms with E-state index in [1.807, 2.05) is 30.3 Å². The molecule has 5 rings (SSSR count). The summed E-state index contributed by atoms with van der Waals surface area (Å²) in [5.41, 5.74) is 2.83. The highest BCUT2D eigenvalue weighted by molar-refractivity contribution is 5.79. The van der Waals surface area contributed by atoms with E-state index in [-0.39, 0.29) is 17.9 Å². The maximum absolute atomic E-state index is 12.8. The van der Waals surface area contributed by atoms with Gasteiger partial charge in [-0.15, -0.1) is 0 Å². The Hall–Kier alpha value is -2.76. The lowest BCUT2D eigenvalue weighted by Gasteiger charge is -2.31. The smallest absolute Gasteiger partial charge is 0.298 e. The second kappa shape index (κ2) is 6.76. The fourth-order valence-corrected chi connectivity index (χ4v) is 4.25. The van der Waals surface area contributed by atoms with Gasteiger partial charge in [0.25, 0.3) is 6.01 Å². The Bertz CT molecular complexity index is 919. The highest BCUT2D eigenvalue weighted by Gasteiger charge is 2.30. The lowest BCUT2D eigenvalue weighted by molar-refractivity contribution is -0.126. The Kier molecular flexibility index (Phi) is 4.11. The Labute approximate surface area is 157 Å². The van der Waals surface area contributed by atoms with E-state index >= 15 is 0 Å². The van der Waals surface area contributed by atoms with Crippen LogP contribution in [0.4, 0.5) is 6.01 Å². The van der Waals surface area contributed by atoms with Crippen LogP contribution in [0.15, 0.2) is 45.4 Å². The van der Waals surface area contributed by atoms with Crippen LogP contribution in [0, 0.1) is 5.92 Å². The minimum Gasteiger partial charge on any atom is -0.469 e. The molecule has 2 aromatic heterocycles. The van der Waals surface area contributed by atoms with Crippen molar-refractivity contribution < 1.29 is 13.6 Å². The SMILES string of the molecule is O=C(NC1CCCc2occc21)C1CCN(c2nc3ccccc3o2)CC1. The molecule has 1 saturated heterocycles. The summed E-state index contributed by atoms with van der Waals surface area (Å²) in [7, 11) is 0. The maximum Gasteiger partial charge on any atom is 0.298 e. The van der Waals surface area contributed by atoms with E-state index in [1.165, 1.54) is 0 Å². The van der Waals surface area contributed by atoms with Gasteiger partial charge in [0.05, 0.1) is 12.3 Å². The molecule has 6 heteroatoms. The number of oxazole rings is 1. The zero-order chi connectivity index (χ0) is 18.2. The van der Waals surface area contributed by atoms with Crippen molar-refractivity contribution in [2.75, 3.05) is 18.0 Å². The topological polar surface area (TPSA) is 71.5 Å². The highest BCUT2D eigenvalue weighted by Crippen LogP contribution is 2.32. The number of benzene rings is 1. The second-order valence-corrected chi connectivity index (χ2v) is 7.48. The molecule has 1 N–H and O–H groups in total. The van der Waals surface area contributed by atoms with E-state index < -0.39 is 0 Å². The molecule has 0 bridgehead atoms. The first kappa shape index (κ1) is 16.4. The molecule has 1 atom stereocenters. The third-order valence-corrected chi connectivity index (χ3v) is 5.79. The van der Waals surface area contributed by atoms with Crippen molar-refractivity contribution in [2.45, 2.75) is 38.1 Å². The van der Waals surface area contributed by atoms with Gasteiger partial charge in [-0.3, -0.25) is 4.79 Å². The van der Waals surface area contributed by atoms with Gasteiger partial charge in [-0.05, 0) is 43.9 Å². The van der Waals surface area contributed by atoms with Crippen molar-refractivity contribution in [3.05, 3.63) is 47.9 Å². The molecule has 2 aliphatic rings. The molecule has 1 fully saturated rings. The average molecular weight is 365 g/mol. The monoisotopic (exact) mass is 365 g/mol. The molecular formula is C21H23N3O3. The van der Waals surface area contributed by atoms with Gasteiger partial charge in [-0.25, -0.2) is 0 Å². The number of aryl methyl sites for hydroxylation is 1. The molecular weight excluding hydrogens is 342 g/mol. The number of nitrogens with zero attached hydrogens (tertiary/aromatic N) is 2. The molecule has 0 saturated carbocycles. The van der Waals surface area contributed by atoms with E-state index in [2.05, 4.69) is 15.2 Å². The van der Waals surface area contributed by atoms with Crippen LogP contribution in [0.25, 0.3) is 11.1 Å². The Balaban J connectivity index is 1.21. The number of rotatable bonds is 3. The largest absolute Gasteiger partial charge is 0.469 e. The summed E-state index contributed by atoms with van der Waals surface area (Å²) >= 11 is 0. The third-order valence-electron chi connectivity index (χ3n) is 5.79. The summed E-state index contributed by atoms with van der Waals surface area (Å²) in [5, 5.41) is 3.25. The van der Waals surface area contributed by atoms with Gasteiger partial charge in [0.2, 0.25) is 5.91 Å². The van der Waals surface area contributed by atoms with Crippen LogP contribution < -0.4 is 10.2 Å². The molecule has 6 nitrogen and oxygen atoms in total. The van der Waals surface area contributed by atoms with Crippen molar-refractivity contribution in [1.82, 2.24) is 10.3 Å². The molecule has 0 spiro atoms. The number of furan rings is 1. The van der Waals surface area contributed by atoms with Crippen molar-refractivity contribution in [3.63, 3.8) is 0 Å². The van der Waals surface area contributed by atoms with Crippen molar-refractivity contribution in [2.24, 2.45) is 5.92 Å². The van der Waals surface area contributed by atoms with E-state index in [0.29, 0.717) is 6.01 Å². The fraction of sp³-hybridized carbons (Fsp3) is 0.429. The van der Waals surface area contributed by atoms with E-state index in [4.69, 9.17) is 8.83 Å². The van der Waals surface area contributed by atoms with Gasteiger partial charge >= 0.3 is 0 Å². The van der Waals surface area contributed by atoms with Gasteiger partial charge in [0.15, 0.2) is 5.58 Å². The minimum atomic E-state index is 0.0444. The predicted octanol–water partition coefficient (Wildman–Crippen LogP) is 3.83. The van der Waals surface area contributed by atoms with Crippen LogP contribution in [0.3, 0.4) is 0 Å². The first-order valence-corrected chi connectivity index (χ1v) is 9.75. The number of amides is 1. The molecule has 140 valence electrons. The van der Waals surface area contributed by atoms with Crippen LogP contribution in [0.2, 0.25) is 0 Å². The molecule has 1 amide bonds. The number of piperidine rings is 1. The number of fused-ring (bicyclic) bond motifs is 2. The lowest BCUT2D eigenvalue weighted by Crippen LogP contribution is -2.42. The number of aromatic nitrogens is 1. The quantitative estimate of drug-likeness (QED) is 0.764. The number of carbonyl (C=O) groups excluding carboxylic acids is 1. The number of hydrogen-bond acceptors (Lipinski definition) is 5. The van der Waals surface area contributed by atoms with Crippen molar-refractivity contribution in [3.8, 4) is 0 Å². The standard InChI is InChI=1S/C21H23N3O3/c25-20(22-16-5-3-7-18-15(16)10-13-26-18)14-8-11-24(12-9-14)21-23-17-4-1-2-6-19(17)27-21/h1-2,4,6,10,13-14,16H,3,5,7-9,11-12H2,(H,22,25). The Morgan fingerprint density at radius 1 is 1.15 bits per heavy atom. The number of carbonyl (C=O) groups is 1. The first-order valence-electron chi connectivity index (χ1n) is 9.75. The predicted molar refractivity (Wildman–Crippen MR) is 101 cm³/mol. The normalized spacial score (nSPS) is 20.6. The van der Waals surface area contributed by atoms with E-state index in [9.17, 15) is 4.79 Å². The molecule has 1 aliphatic heterocycles. The fourth-order valence-electron chi connectivity index (χ4n) is 4.25. The van der Waals surface area contributed by atoms with Crippen LogP contribution in [-0.2, 0) is 11.2 Å². The third kappa shape index (κ3) is 3.09. The van der Waals surface area contributed by atoms with Crippen LogP contribution in [0.5, 0.6) is 0 Å². The summed E-state index contributed by atoms with van der Waals surface area (Å²) in [6, 6.07) is 10.5. The molecule has 1 unspecified atom stereocenters. The van der Waals surface area contributed by atoms with Crippen LogP contribution in [-0.4, -0.2) is 24.0 Å². The second-order valence-electron chi connectivity index (χ2n) is 7.48. The lowest BCUT2D eigenvalue weighted by atomic mass is 9.91. The van der Waals surface area contributed by atoms with Crippen molar-refractivity contribution >= 4 is 23.0 Å². The van der Waals surface area contributed by atoms with E-state index in [1.54, 1.807) is 6.26 Å². The molecule has 3 heterocycles. The molecule has 3 aromatic rings. The Morgan fingerprint density at radius 2 is 2.00 bits per heavy atom. The summed E-state index contributed by atoms with van der Waals surface area (Å²) in [4.78, 5) is 19.5. The van der Waals surface area contributed by atoms with Gasteiger partial charge in [0.1, 0.15) is 11.3 Å². The molecule has 0 radical (unpaired) electrons. The maximum atomic E-state index is 12.8. The summed E-state index contributed by atoms with van der Waals surface area (Å²) in [6.45, 7) is 1.57. The van der Waals surface area contributed by atoms with Gasteiger partial charge in [-0.1, -0.05) is 12.1 Å².